The van der Waals surface area contributed by atoms with Gasteiger partial charge in [-0.3, -0.25) is 4.79 Å². The molecule has 120 valence electrons. The first-order chi connectivity index (χ1) is 11.0. The highest BCUT2D eigenvalue weighted by Gasteiger charge is 2.40. The molecule has 1 N–H and O–H groups in total. The molecule has 1 aromatic carbocycles. The summed E-state index contributed by atoms with van der Waals surface area (Å²) < 4.78 is 5.34. The van der Waals surface area contributed by atoms with E-state index in [0.717, 1.165) is 11.3 Å². The summed E-state index contributed by atoms with van der Waals surface area (Å²) in [5.74, 6) is 0.467. The van der Waals surface area contributed by atoms with Gasteiger partial charge < -0.3 is 14.7 Å². The van der Waals surface area contributed by atoms with E-state index < -0.39 is 5.60 Å². The summed E-state index contributed by atoms with van der Waals surface area (Å²) in [5, 5.41) is 10.6. The van der Waals surface area contributed by atoms with Crippen LogP contribution in [0, 0.1) is 6.92 Å². The Kier molecular flexibility index (Phi) is 3.90. The van der Waals surface area contributed by atoms with Gasteiger partial charge >= 0.3 is 0 Å². The second-order valence-corrected chi connectivity index (χ2v) is 6.06. The lowest BCUT2D eigenvalue weighted by Crippen LogP contribution is -2.44. The molecule has 6 nitrogen and oxygen atoms in total. The lowest BCUT2D eigenvalue weighted by Gasteiger charge is -2.19. The van der Waals surface area contributed by atoms with Crippen molar-refractivity contribution in [2.45, 2.75) is 39.3 Å². The number of aryl methyl sites for hydroxylation is 1. The molecule has 3 rings (SSSR count). The van der Waals surface area contributed by atoms with Crippen LogP contribution in [0.1, 0.15) is 31.5 Å². The fourth-order valence-electron chi connectivity index (χ4n) is 2.46. The van der Waals surface area contributed by atoms with Gasteiger partial charge in [0.25, 0.3) is 5.91 Å². The summed E-state index contributed by atoms with van der Waals surface area (Å²) >= 11 is 0. The molecule has 1 aromatic heterocycles. The van der Waals surface area contributed by atoms with Gasteiger partial charge in [0.2, 0.25) is 5.60 Å². The fourth-order valence-corrected chi connectivity index (χ4v) is 2.46. The second-order valence-electron chi connectivity index (χ2n) is 6.06. The van der Waals surface area contributed by atoms with Crippen LogP contribution >= 0.6 is 0 Å². The number of oxime groups is 1. The van der Waals surface area contributed by atoms with Crippen LogP contribution in [0.2, 0.25) is 0 Å². The number of carbonyl (C=O) groups is 1. The smallest absolute Gasteiger partial charge is 0.267 e. The van der Waals surface area contributed by atoms with E-state index in [2.05, 4.69) is 15.6 Å². The van der Waals surface area contributed by atoms with Crippen LogP contribution in [0.25, 0.3) is 11.3 Å². The highest BCUT2D eigenvalue weighted by atomic mass is 16.7. The maximum absolute atomic E-state index is 12.2. The minimum absolute atomic E-state index is 0.210. The number of nitrogens with zero attached hydrogens (tertiary/aromatic N) is 2. The maximum atomic E-state index is 12.2. The molecule has 1 aliphatic heterocycles. The van der Waals surface area contributed by atoms with Crippen LogP contribution in [0.5, 0.6) is 0 Å². The Bertz CT molecular complexity index is 749. The first-order valence-corrected chi connectivity index (χ1v) is 7.49. The molecule has 2 aromatic rings. The third-order valence-corrected chi connectivity index (χ3v) is 3.80. The molecule has 1 amide bonds. The van der Waals surface area contributed by atoms with Gasteiger partial charge in [0.1, 0.15) is 5.69 Å². The number of hydrogen-bond acceptors (Lipinski definition) is 5. The van der Waals surface area contributed by atoms with Gasteiger partial charge in [-0.25, -0.2) is 0 Å². The van der Waals surface area contributed by atoms with Crippen molar-refractivity contribution in [1.29, 1.82) is 0 Å². The molecule has 0 saturated carbocycles. The van der Waals surface area contributed by atoms with Crippen molar-refractivity contribution >= 4 is 11.6 Å². The van der Waals surface area contributed by atoms with Crippen molar-refractivity contribution in [2.24, 2.45) is 5.16 Å². The number of hydrogen-bond donors (Lipinski definition) is 1. The normalized spacial score (nSPS) is 20.0. The molecule has 23 heavy (non-hydrogen) atoms. The van der Waals surface area contributed by atoms with E-state index in [-0.39, 0.29) is 12.5 Å². The van der Waals surface area contributed by atoms with Crippen LogP contribution in [-0.4, -0.2) is 22.4 Å². The Labute approximate surface area is 134 Å². The number of nitrogens with one attached hydrogen (secondary N) is 1. The number of aromatic nitrogens is 1. The lowest BCUT2D eigenvalue weighted by molar-refractivity contribution is -0.141. The van der Waals surface area contributed by atoms with E-state index in [0.29, 0.717) is 17.9 Å². The first kappa shape index (κ1) is 15.3. The van der Waals surface area contributed by atoms with Gasteiger partial charge in [-0.2, -0.15) is 0 Å². The molecule has 0 saturated heterocycles. The quantitative estimate of drug-likeness (QED) is 0.941. The summed E-state index contributed by atoms with van der Waals surface area (Å²) in [5.41, 5.74) is 2.67. The molecule has 0 spiro atoms. The van der Waals surface area contributed by atoms with Crippen molar-refractivity contribution in [3.63, 3.8) is 0 Å². The van der Waals surface area contributed by atoms with E-state index >= 15 is 0 Å². The molecule has 2 heterocycles. The van der Waals surface area contributed by atoms with E-state index in [1.807, 2.05) is 44.2 Å². The minimum Gasteiger partial charge on any atom is -0.379 e. The summed E-state index contributed by atoms with van der Waals surface area (Å²) in [4.78, 5) is 17.5. The molecule has 0 bridgehead atoms. The number of amides is 1. The Hall–Kier alpha value is -2.63. The van der Waals surface area contributed by atoms with Crippen molar-refractivity contribution in [1.82, 2.24) is 10.5 Å². The zero-order valence-corrected chi connectivity index (χ0v) is 13.4. The third-order valence-electron chi connectivity index (χ3n) is 3.80. The van der Waals surface area contributed by atoms with Gasteiger partial charge in [-0.1, -0.05) is 40.1 Å². The predicted octanol–water partition coefficient (Wildman–Crippen LogP) is 2.82. The van der Waals surface area contributed by atoms with Crippen LogP contribution in [0.15, 0.2) is 40.0 Å². The maximum Gasteiger partial charge on any atom is 0.267 e. The summed E-state index contributed by atoms with van der Waals surface area (Å²) in [6.07, 6.45) is 0.492. The van der Waals surface area contributed by atoms with E-state index in [9.17, 15) is 4.79 Å². The largest absolute Gasteiger partial charge is 0.379 e. The highest BCUT2D eigenvalue weighted by Crippen LogP contribution is 2.24. The second kappa shape index (κ2) is 5.87. The van der Waals surface area contributed by atoms with Gasteiger partial charge in [0.05, 0.1) is 12.3 Å². The summed E-state index contributed by atoms with van der Waals surface area (Å²) in [6, 6.07) is 9.81. The van der Waals surface area contributed by atoms with Crippen molar-refractivity contribution in [3.05, 3.63) is 41.6 Å². The van der Waals surface area contributed by atoms with E-state index in [1.165, 1.54) is 5.56 Å². The molecule has 1 atom stereocenters. The summed E-state index contributed by atoms with van der Waals surface area (Å²) in [6.45, 7) is 5.88. The van der Waals surface area contributed by atoms with Gasteiger partial charge in [-0.15, -0.1) is 0 Å². The van der Waals surface area contributed by atoms with Crippen LogP contribution in [-0.2, 0) is 16.2 Å². The van der Waals surface area contributed by atoms with Gasteiger partial charge in [0, 0.05) is 18.1 Å². The van der Waals surface area contributed by atoms with Crippen LogP contribution < -0.4 is 5.32 Å². The standard InChI is InChI=1S/C17H19N3O3/c1-11-4-6-13(7-5-11)15-8-14(20-22-15)10-18-16(21)17(3)9-12(2)19-23-17/h4-8H,9-10H2,1-3H3,(H,18,21)/t17-/m1/s1. The van der Waals surface area contributed by atoms with Crippen molar-refractivity contribution < 1.29 is 14.2 Å². The fraction of sp³-hybridized carbons (Fsp3) is 0.353. The Balaban J connectivity index is 1.61. The van der Waals surface area contributed by atoms with Gasteiger partial charge in [-0.05, 0) is 20.8 Å². The molecule has 0 unspecified atom stereocenters. The van der Waals surface area contributed by atoms with E-state index in [1.54, 1.807) is 6.92 Å². The molecular formula is C17H19N3O3. The Morgan fingerprint density at radius 3 is 2.70 bits per heavy atom. The SMILES string of the molecule is CC1=NO[C@@](C)(C(=O)NCc2cc(-c3ccc(C)cc3)on2)C1. The first-order valence-electron chi connectivity index (χ1n) is 7.49. The Morgan fingerprint density at radius 2 is 2.04 bits per heavy atom. The third kappa shape index (κ3) is 3.26. The summed E-state index contributed by atoms with van der Waals surface area (Å²) in [7, 11) is 0. The van der Waals surface area contributed by atoms with Crippen molar-refractivity contribution in [2.75, 3.05) is 0 Å². The van der Waals surface area contributed by atoms with E-state index in [4.69, 9.17) is 9.36 Å². The lowest BCUT2D eigenvalue weighted by atomic mass is 9.99. The molecule has 0 aliphatic carbocycles. The van der Waals surface area contributed by atoms with Crippen LogP contribution in [0.3, 0.4) is 0 Å². The van der Waals surface area contributed by atoms with Gasteiger partial charge in [0.15, 0.2) is 5.76 Å². The predicted molar refractivity (Wildman–Crippen MR) is 85.7 cm³/mol. The average molecular weight is 313 g/mol. The Morgan fingerprint density at radius 1 is 1.30 bits per heavy atom. The molecular weight excluding hydrogens is 294 g/mol. The molecule has 1 aliphatic rings. The topological polar surface area (TPSA) is 76.7 Å². The molecule has 6 heteroatoms. The average Bonchev–Trinajstić information content (AvgIpc) is 3.13. The molecule has 0 radical (unpaired) electrons. The highest BCUT2D eigenvalue weighted by molar-refractivity contribution is 5.94. The zero-order chi connectivity index (χ0) is 16.4. The zero-order valence-electron chi connectivity index (χ0n) is 13.4. The number of benzene rings is 1. The number of rotatable bonds is 4. The number of carbonyl (C=O) groups excluding carboxylic acids is 1. The molecule has 0 fully saturated rings. The minimum atomic E-state index is -0.937. The monoisotopic (exact) mass is 313 g/mol. The van der Waals surface area contributed by atoms with Crippen LogP contribution in [0.4, 0.5) is 0 Å². The van der Waals surface area contributed by atoms with Crippen molar-refractivity contribution in [3.8, 4) is 11.3 Å².